The lowest BCUT2D eigenvalue weighted by molar-refractivity contribution is -0.173. The monoisotopic (exact) mass is 326 g/mol. The van der Waals surface area contributed by atoms with Crippen molar-refractivity contribution in [3.05, 3.63) is 28.5 Å². The summed E-state index contributed by atoms with van der Waals surface area (Å²) in [6.07, 6.45) is -2.91. The van der Waals surface area contributed by atoms with Crippen molar-refractivity contribution in [3.63, 3.8) is 0 Å². The fraction of sp³-hybridized carbons (Fsp3) is 0.400. The highest BCUT2D eigenvalue weighted by atomic mass is 79.9. The number of carbonyl (C=O) groups is 1. The lowest BCUT2D eigenvalue weighted by atomic mass is 10.3. The molecule has 0 radical (unpaired) electrons. The van der Waals surface area contributed by atoms with Crippen LogP contribution in [0.15, 0.2) is 22.8 Å². The second-order valence-electron chi connectivity index (χ2n) is 3.26. The minimum Gasteiger partial charge on any atom is -0.370 e. The van der Waals surface area contributed by atoms with Crippen LogP contribution in [0.5, 0.6) is 0 Å². The van der Waals surface area contributed by atoms with Crippen molar-refractivity contribution in [2.75, 3.05) is 19.8 Å². The molecule has 0 saturated carbocycles. The fourth-order valence-electron chi connectivity index (χ4n) is 1.06. The highest BCUT2D eigenvalue weighted by Gasteiger charge is 2.27. The topological polar surface area (TPSA) is 51.2 Å². The van der Waals surface area contributed by atoms with Gasteiger partial charge in [0, 0.05) is 17.2 Å². The van der Waals surface area contributed by atoms with Crippen LogP contribution in [0.2, 0.25) is 0 Å². The molecule has 4 nitrogen and oxygen atoms in total. The van der Waals surface area contributed by atoms with Crippen molar-refractivity contribution in [3.8, 4) is 0 Å². The summed E-state index contributed by atoms with van der Waals surface area (Å²) in [5.41, 5.74) is 0.174. The molecule has 1 aromatic rings. The van der Waals surface area contributed by atoms with E-state index in [-0.39, 0.29) is 18.8 Å². The molecule has 18 heavy (non-hydrogen) atoms. The average Bonchev–Trinajstić information content (AvgIpc) is 2.27. The third-order valence-corrected chi connectivity index (χ3v) is 2.41. The number of aromatic nitrogens is 1. The average molecular weight is 327 g/mol. The molecule has 0 fully saturated rings. The van der Waals surface area contributed by atoms with Crippen LogP contribution < -0.4 is 5.32 Å². The van der Waals surface area contributed by atoms with E-state index < -0.39 is 18.7 Å². The Bertz CT molecular complexity index is 412. The first-order chi connectivity index (χ1) is 8.40. The van der Waals surface area contributed by atoms with Crippen molar-refractivity contribution in [2.24, 2.45) is 0 Å². The van der Waals surface area contributed by atoms with Gasteiger partial charge in [0.25, 0.3) is 5.91 Å². The van der Waals surface area contributed by atoms with Crippen molar-refractivity contribution < 1.29 is 22.7 Å². The molecule has 0 aliphatic rings. The summed E-state index contributed by atoms with van der Waals surface area (Å²) >= 11 is 3.14. The standard InChI is InChI=1S/C10H10BrF3N2O2/c11-7-2-1-3-15-8(7)9(17)16-4-5-18-6-10(12,13)14/h1-3H,4-6H2,(H,16,17). The second kappa shape index (κ2) is 6.69. The van der Waals surface area contributed by atoms with E-state index in [9.17, 15) is 18.0 Å². The van der Waals surface area contributed by atoms with Gasteiger partial charge in [-0.15, -0.1) is 0 Å². The van der Waals surface area contributed by atoms with Gasteiger partial charge in [0.2, 0.25) is 0 Å². The normalized spacial score (nSPS) is 11.3. The van der Waals surface area contributed by atoms with E-state index in [0.717, 1.165) is 0 Å². The molecule has 0 spiro atoms. The van der Waals surface area contributed by atoms with Crippen LogP contribution in [0, 0.1) is 0 Å². The number of hydrogen-bond acceptors (Lipinski definition) is 3. The van der Waals surface area contributed by atoms with Crippen LogP contribution in [-0.4, -0.2) is 36.8 Å². The third-order valence-electron chi connectivity index (χ3n) is 1.77. The Morgan fingerprint density at radius 1 is 1.50 bits per heavy atom. The zero-order valence-corrected chi connectivity index (χ0v) is 10.7. The van der Waals surface area contributed by atoms with Gasteiger partial charge in [-0.2, -0.15) is 13.2 Å². The van der Waals surface area contributed by atoms with E-state index in [1.165, 1.54) is 6.20 Å². The van der Waals surface area contributed by atoms with Gasteiger partial charge in [-0.3, -0.25) is 4.79 Å². The zero-order valence-electron chi connectivity index (χ0n) is 9.13. The molecule has 1 rings (SSSR count). The van der Waals surface area contributed by atoms with Gasteiger partial charge < -0.3 is 10.1 Å². The molecule has 0 atom stereocenters. The molecule has 0 aliphatic carbocycles. The minimum absolute atomic E-state index is 0.0159. The van der Waals surface area contributed by atoms with Gasteiger partial charge in [-0.25, -0.2) is 4.98 Å². The molecule has 100 valence electrons. The number of nitrogens with one attached hydrogen (secondary N) is 1. The lowest BCUT2D eigenvalue weighted by Gasteiger charge is -2.08. The first kappa shape index (κ1) is 14.9. The molecular weight excluding hydrogens is 317 g/mol. The Hall–Kier alpha value is -1.15. The maximum absolute atomic E-state index is 11.7. The fourth-order valence-corrected chi connectivity index (χ4v) is 1.50. The predicted molar refractivity (Wildman–Crippen MR) is 61.1 cm³/mol. The number of rotatable bonds is 5. The Kier molecular flexibility index (Phi) is 5.54. The number of hydrogen-bond donors (Lipinski definition) is 1. The molecule has 0 saturated heterocycles. The maximum Gasteiger partial charge on any atom is 0.411 e. The molecule has 0 bridgehead atoms. The maximum atomic E-state index is 11.7. The van der Waals surface area contributed by atoms with Crippen LogP contribution in [0.3, 0.4) is 0 Å². The molecule has 0 aromatic carbocycles. The van der Waals surface area contributed by atoms with E-state index in [1.54, 1.807) is 12.1 Å². The van der Waals surface area contributed by atoms with Crippen LogP contribution in [0.1, 0.15) is 10.5 Å². The zero-order chi connectivity index (χ0) is 13.6. The van der Waals surface area contributed by atoms with E-state index in [1.807, 2.05) is 0 Å². The number of pyridine rings is 1. The Labute approximate surface area is 110 Å². The van der Waals surface area contributed by atoms with Crippen LogP contribution >= 0.6 is 15.9 Å². The van der Waals surface area contributed by atoms with Crippen molar-refractivity contribution >= 4 is 21.8 Å². The summed E-state index contributed by atoms with van der Waals surface area (Å²) in [6.45, 7) is -1.55. The molecule has 1 amide bonds. The number of amides is 1. The first-order valence-corrected chi connectivity index (χ1v) is 5.72. The largest absolute Gasteiger partial charge is 0.411 e. The highest BCUT2D eigenvalue weighted by Crippen LogP contribution is 2.14. The summed E-state index contributed by atoms with van der Waals surface area (Å²) in [4.78, 5) is 15.4. The second-order valence-corrected chi connectivity index (χ2v) is 4.11. The van der Waals surface area contributed by atoms with Crippen molar-refractivity contribution in [1.29, 1.82) is 0 Å². The lowest BCUT2D eigenvalue weighted by Crippen LogP contribution is -2.29. The minimum atomic E-state index is -4.35. The molecule has 1 aromatic heterocycles. The number of halogens is 4. The van der Waals surface area contributed by atoms with Crippen LogP contribution in [-0.2, 0) is 4.74 Å². The summed E-state index contributed by atoms with van der Waals surface area (Å²) in [6, 6.07) is 3.29. The van der Waals surface area contributed by atoms with Crippen LogP contribution in [0.25, 0.3) is 0 Å². The van der Waals surface area contributed by atoms with Gasteiger partial charge in [-0.05, 0) is 28.1 Å². The summed E-state index contributed by atoms with van der Waals surface area (Å²) in [5.74, 6) is -0.474. The number of carbonyl (C=O) groups excluding carboxylic acids is 1. The molecule has 8 heteroatoms. The third kappa shape index (κ3) is 5.46. The van der Waals surface area contributed by atoms with E-state index in [2.05, 4.69) is 31.0 Å². The first-order valence-electron chi connectivity index (χ1n) is 4.93. The van der Waals surface area contributed by atoms with Gasteiger partial charge in [0.15, 0.2) is 0 Å². The van der Waals surface area contributed by atoms with Gasteiger partial charge >= 0.3 is 6.18 Å². The quantitative estimate of drug-likeness (QED) is 0.843. The number of nitrogens with zero attached hydrogens (tertiary/aromatic N) is 1. The van der Waals surface area contributed by atoms with E-state index in [0.29, 0.717) is 4.47 Å². The number of alkyl halides is 3. The Morgan fingerprint density at radius 3 is 2.83 bits per heavy atom. The summed E-state index contributed by atoms with van der Waals surface area (Å²) < 4.78 is 40.0. The Morgan fingerprint density at radius 2 is 2.22 bits per heavy atom. The molecule has 1 heterocycles. The summed E-state index contributed by atoms with van der Waals surface area (Å²) in [7, 11) is 0. The molecule has 0 unspecified atom stereocenters. The van der Waals surface area contributed by atoms with Crippen molar-refractivity contribution in [1.82, 2.24) is 10.3 Å². The summed E-state index contributed by atoms with van der Waals surface area (Å²) in [5, 5.41) is 2.40. The molecular formula is C10H10BrF3N2O2. The molecule has 1 N–H and O–H groups in total. The van der Waals surface area contributed by atoms with Crippen molar-refractivity contribution in [2.45, 2.75) is 6.18 Å². The van der Waals surface area contributed by atoms with Gasteiger partial charge in [0.1, 0.15) is 12.3 Å². The Balaban J connectivity index is 2.28. The van der Waals surface area contributed by atoms with Gasteiger partial charge in [0.05, 0.1) is 6.61 Å². The van der Waals surface area contributed by atoms with Crippen LogP contribution in [0.4, 0.5) is 13.2 Å². The SMILES string of the molecule is O=C(NCCOCC(F)(F)F)c1ncccc1Br. The smallest absolute Gasteiger partial charge is 0.370 e. The number of ether oxygens (including phenoxy) is 1. The van der Waals surface area contributed by atoms with E-state index in [4.69, 9.17) is 0 Å². The van der Waals surface area contributed by atoms with Gasteiger partial charge in [-0.1, -0.05) is 0 Å². The highest BCUT2D eigenvalue weighted by molar-refractivity contribution is 9.10. The predicted octanol–water partition coefficient (Wildman–Crippen LogP) is 2.15. The molecule has 0 aliphatic heterocycles. The van der Waals surface area contributed by atoms with E-state index >= 15 is 0 Å².